The number of rotatable bonds is 5. The maximum atomic E-state index is 12.2. The molecule has 1 saturated heterocycles. The Morgan fingerprint density at radius 3 is 2.50 bits per heavy atom. The highest BCUT2D eigenvalue weighted by atomic mass is 79.9. The number of amides is 1. The van der Waals surface area contributed by atoms with Gasteiger partial charge < -0.3 is 4.90 Å². The summed E-state index contributed by atoms with van der Waals surface area (Å²) in [6.07, 6.45) is 11.1. The number of hydrogen-bond acceptors (Lipinski definition) is 1. The van der Waals surface area contributed by atoms with E-state index in [4.69, 9.17) is 0 Å². The SMILES string of the molecule is O=C(CCC1CCCC1)N1CCCC(CCBr)C1. The van der Waals surface area contributed by atoms with E-state index in [-0.39, 0.29) is 0 Å². The summed E-state index contributed by atoms with van der Waals surface area (Å²) in [5.74, 6) is 1.99. The molecule has 0 spiro atoms. The number of hydrogen-bond donors (Lipinski definition) is 0. The highest BCUT2D eigenvalue weighted by molar-refractivity contribution is 9.09. The van der Waals surface area contributed by atoms with Crippen molar-refractivity contribution < 1.29 is 4.79 Å². The van der Waals surface area contributed by atoms with Crippen LogP contribution >= 0.6 is 15.9 Å². The summed E-state index contributed by atoms with van der Waals surface area (Å²) in [7, 11) is 0. The fourth-order valence-electron chi connectivity index (χ4n) is 3.47. The first-order valence-corrected chi connectivity index (χ1v) is 8.75. The number of piperidine rings is 1. The lowest BCUT2D eigenvalue weighted by Gasteiger charge is -2.33. The fourth-order valence-corrected chi connectivity index (χ4v) is 4.11. The molecule has 18 heavy (non-hydrogen) atoms. The third-order valence-corrected chi connectivity index (χ3v) is 5.09. The molecule has 1 amide bonds. The lowest BCUT2D eigenvalue weighted by molar-refractivity contribution is -0.133. The normalized spacial score (nSPS) is 25.6. The summed E-state index contributed by atoms with van der Waals surface area (Å²) in [6.45, 7) is 2.01. The number of likely N-dealkylation sites (tertiary alicyclic amines) is 1. The van der Waals surface area contributed by atoms with E-state index in [1.165, 1.54) is 44.9 Å². The van der Waals surface area contributed by atoms with E-state index < -0.39 is 0 Å². The fraction of sp³-hybridized carbons (Fsp3) is 0.933. The van der Waals surface area contributed by atoms with Crippen molar-refractivity contribution in [2.45, 2.75) is 57.8 Å². The molecule has 2 nitrogen and oxygen atoms in total. The zero-order valence-corrected chi connectivity index (χ0v) is 13.0. The molecule has 1 aliphatic heterocycles. The van der Waals surface area contributed by atoms with E-state index in [2.05, 4.69) is 20.8 Å². The van der Waals surface area contributed by atoms with Gasteiger partial charge in [-0.3, -0.25) is 4.79 Å². The van der Waals surface area contributed by atoms with Gasteiger partial charge in [-0.05, 0) is 37.5 Å². The summed E-state index contributed by atoms with van der Waals surface area (Å²) >= 11 is 3.51. The first kappa shape index (κ1) is 14.4. The Balaban J connectivity index is 1.70. The van der Waals surface area contributed by atoms with Crippen LogP contribution in [0.1, 0.15) is 57.8 Å². The van der Waals surface area contributed by atoms with E-state index >= 15 is 0 Å². The minimum Gasteiger partial charge on any atom is -0.342 e. The van der Waals surface area contributed by atoms with Crippen LogP contribution in [0.5, 0.6) is 0 Å². The average Bonchev–Trinajstić information content (AvgIpc) is 2.90. The van der Waals surface area contributed by atoms with Gasteiger partial charge in [-0.1, -0.05) is 41.6 Å². The van der Waals surface area contributed by atoms with E-state index in [9.17, 15) is 4.79 Å². The molecule has 0 aromatic rings. The lowest BCUT2D eigenvalue weighted by Crippen LogP contribution is -2.40. The molecule has 1 saturated carbocycles. The zero-order valence-electron chi connectivity index (χ0n) is 11.4. The summed E-state index contributed by atoms with van der Waals surface area (Å²) in [5, 5.41) is 1.07. The standard InChI is InChI=1S/C15H26BrNO/c16-10-9-14-6-3-11-17(12-14)15(18)8-7-13-4-1-2-5-13/h13-14H,1-12H2. The van der Waals surface area contributed by atoms with Gasteiger partial charge in [-0.25, -0.2) is 0 Å². The van der Waals surface area contributed by atoms with Gasteiger partial charge in [0.2, 0.25) is 5.91 Å². The summed E-state index contributed by atoms with van der Waals surface area (Å²) in [5.41, 5.74) is 0. The van der Waals surface area contributed by atoms with E-state index in [1.807, 2.05) is 0 Å². The largest absolute Gasteiger partial charge is 0.342 e. The zero-order chi connectivity index (χ0) is 12.8. The maximum Gasteiger partial charge on any atom is 0.222 e. The van der Waals surface area contributed by atoms with Gasteiger partial charge >= 0.3 is 0 Å². The second-order valence-corrected chi connectivity index (χ2v) is 6.81. The van der Waals surface area contributed by atoms with Crippen LogP contribution < -0.4 is 0 Å². The highest BCUT2D eigenvalue weighted by Crippen LogP contribution is 2.29. The van der Waals surface area contributed by atoms with Crippen molar-refractivity contribution in [2.24, 2.45) is 11.8 Å². The predicted octanol–water partition coefficient (Wildman–Crippen LogP) is 3.98. The van der Waals surface area contributed by atoms with Crippen LogP contribution in [0.15, 0.2) is 0 Å². The summed E-state index contributed by atoms with van der Waals surface area (Å²) in [6, 6.07) is 0. The van der Waals surface area contributed by atoms with Crippen LogP contribution in [0.4, 0.5) is 0 Å². The van der Waals surface area contributed by atoms with Crippen molar-refractivity contribution in [3.63, 3.8) is 0 Å². The third kappa shape index (κ3) is 4.25. The smallest absolute Gasteiger partial charge is 0.222 e. The third-order valence-electron chi connectivity index (χ3n) is 4.63. The Hall–Kier alpha value is -0.0500. The van der Waals surface area contributed by atoms with Gasteiger partial charge in [-0.2, -0.15) is 0 Å². The van der Waals surface area contributed by atoms with Gasteiger partial charge in [0.25, 0.3) is 0 Å². The molecule has 0 aromatic heterocycles. The topological polar surface area (TPSA) is 20.3 Å². The van der Waals surface area contributed by atoms with E-state index in [0.717, 1.165) is 43.1 Å². The van der Waals surface area contributed by atoms with Crippen molar-refractivity contribution >= 4 is 21.8 Å². The quantitative estimate of drug-likeness (QED) is 0.703. The van der Waals surface area contributed by atoms with Crippen molar-refractivity contribution in [1.82, 2.24) is 4.90 Å². The van der Waals surface area contributed by atoms with Gasteiger partial charge in [0.1, 0.15) is 0 Å². The monoisotopic (exact) mass is 315 g/mol. The molecule has 1 unspecified atom stereocenters. The number of nitrogens with zero attached hydrogens (tertiary/aromatic N) is 1. The van der Waals surface area contributed by atoms with Crippen LogP contribution in [0.25, 0.3) is 0 Å². The molecular formula is C15H26BrNO. The summed E-state index contributed by atoms with van der Waals surface area (Å²) in [4.78, 5) is 14.3. The Labute approximate surface area is 120 Å². The molecule has 0 radical (unpaired) electrons. The van der Waals surface area contributed by atoms with Crippen LogP contribution in [0.3, 0.4) is 0 Å². The molecule has 0 N–H and O–H groups in total. The second kappa shape index (κ2) is 7.52. The minimum atomic E-state index is 0.418. The molecule has 2 fully saturated rings. The van der Waals surface area contributed by atoms with Gasteiger partial charge in [0.15, 0.2) is 0 Å². The Bertz CT molecular complexity index is 261. The second-order valence-electron chi connectivity index (χ2n) is 6.01. The molecule has 104 valence electrons. The van der Waals surface area contributed by atoms with Crippen LogP contribution in [-0.2, 0) is 4.79 Å². The Kier molecular flexibility index (Phi) is 6.00. The number of carbonyl (C=O) groups is 1. The molecule has 2 rings (SSSR count). The molecule has 1 atom stereocenters. The lowest BCUT2D eigenvalue weighted by atomic mass is 9.95. The summed E-state index contributed by atoms with van der Waals surface area (Å²) < 4.78 is 0. The first-order chi connectivity index (χ1) is 8.79. The van der Waals surface area contributed by atoms with E-state index in [1.54, 1.807) is 0 Å². The molecule has 0 bridgehead atoms. The molecule has 2 aliphatic rings. The van der Waals surface area contributed by atoms with Crippen LogP contribution in [0, 0.1) is 11.8 Å². The van der Waals surface area contributed by atoms with Gasteiger partial charge in [0, 0.05) is 24.8 Å². The molecule has 1 aliphatic carbocycles. The Morgan fingerprint density at radius 1 is 1.06 bits per heavy atom. The first-order valence-electron chi connectivity index (χ1n) is 7.63. The van der Waals surface area contributed by atoms with Crippen molar-refractivity contribution in [2.75, 3.05) is 18.4 Å². The predicted molar refractivity (Wildman–Crippen MR) is 78.9 cm³/mol. The van der Waals surface area contributed by atoms with Gasteiger partial charge in [0.05, 0.1) is 0 Å². The average molecular weight is 316 g/mol. The number of carbonyl (C=O) groups excluding carboxylic acids is 1. The minimum absolute atomic E-state index is 0.418. The number of halogens is 1. The van der Waals surface area contributed by atoms with Crippen molar-refractivity contribution in [1.29, 1.82) is 0 Å². The van der Waals surface area contributed by atoms with Crippen LogP contribution in [0.2, 0.25) is 0 Å². The number of alkyl halides is 1. The van der Waals surface area contributed by atoms with Gasteiger partial charge in [-0.15, -0.1) is 0 Å². The maximum absolute atomic E-state index is 12.2. The molecule has 1 heterocycles. The van der Waals surface area contributed by atoms with Crippen molar-refractivity contribution in [3.05, 3.63) is 0 Å². The molecular weight excluding hydrogens is 290 g/mol. The Morgan fingerprint density at radius 2 is 1.78 bits per heavy atom. The van der Waals surface area contributed by atoms with E-state index in [0.29, 0.717) is 5.91 Å². The molecule has 0 aromatic carbocycles. The van der Waals surface area contributed by atoms with Crippen LogP contribution in [-0.4, -0.2) is 29.2 Å². The molecule has 3 heteroatoms. The highest BCUT2D eigenvalue weighted by Gasteiger charge is 2.24. The van der Waals surface area contributed by atoms with Crippen molar-refractivity contribution in [3.8, 4) is 0 Å².